The Balaban J connectivity index is 2.88. The van der Waals surface area contributed by atoms with Gasteiger partial charge in [-0.15, -0.1) is 0 Å². The first kappa shape index (κ1) is 11.9. The molecule has 0 aromatic heterocycles. The van der Waals surface area contributed by atoms with Crippen molar-refractivity contribution in [3.63, 3.8) is 0 Å². The maximum absolute atomic E-state index is 6.06. The Hall–Kier alpha value is -0.210. The van der Waals surface area contributed by atoms with Crippen molar-refractivity contribution in [3.05, 3.63) is 34.7 Å². The van der Waals surface area contributed by atoms with Gasteiger partial charge >= 0.3 is 0 Å². The monoisotopic (exact) mass is 275 g/mol. The Morgan fingerprint density at radius 3 is 2.71 bits per heavy atom. The second-order valence-corrected chi connectivity index (χ2v) is 3.96. The molecule has 0 aliphatic heterocycles. The summed E-state index contributed by atoms with van der Waals surface area (Å²) in [7, 11) is 0. The van der Waals surface area contributed by atoms with Crippen molar-refractivity contribution in [2.45, 2.75) is 13.8 Å². The lowest BCUT2D eigenvalue weighted by atomic mass is 10.0. The van der Waals surface area contributed by atoms with E-state index in [0.29, 0.717) is 11.6 Å². The molecule has 3 heteroatoms. The van der Waals surface area contributed by atoms with E-state index in [9.17, 15) is 0 Å². The van der Waals surface area contributed by atoms with Crippen LogP contribution in [0.15, 0.2) is 18.2 Å². The van der Waals surface area contributed by atoms with Crippen LogP contribution in [0, 0.1) is 5.92 Å². The molecule has 77 valence electrons. The summed E-state index contributed by atoms with van der Waals surface area (Å²) in [6.07, 6.45) is 0. The van der Waals surface area contributed by atoms with Crippen molar-refractivity contribution >= 4 is 27.5 Å². The van der Waals surface area contributed by atoms with Crippen LogP contribution in [-0.4, -0.2) is 11.9 Å². The predicted octanol–water partition coefficient (Wildman–Crippen LogP) is 4.08. The van der Waals surface area contributed by atoms with Crippen LogP contribution < -0.4 is 4.74 Å². The number of rotatable bonds is 4. The highest BCUT2D eigenvalue weighted by molar-refractivity contribution is 9.09. The topological polar surface area (TPSA) is 9.23 Å². The van der Waals surface area contributed by atoms with Gasteiger partial charge in [-0.2, -0.15) is 0 Å². The first-order chi connectivity index (χ1) is 6.69. The number of halogens is 2. The summed E-state index contributed by atoms with van der Waals surface area (Å²) >= 11 is 9.47. The van der Waals surface area contributed by atoms with Crippen LogP contribution in [-0.2, 0) is 0 Å². The van der Waals surface area contributed by atoms with Crippen molar-refractivity contribution in [1.29, 1.82) is 0 Å². The van der Waals surface area contributed by atoms with Gasteiger partial charge in [0.25, 0.3) is 0 Å². The van der Waals surface area contributed by atoms with Crippen molar-refractivity contribution < 1.29 is 4.74 Å². The Morgan fingerprint density at radius 2 is 2.21 bits per heavy atom. The smallest absolute Gasteiger partial charge is 0.137 e. The van der Waals surface area contributed by atoms with Crippen molar-refractivity contribution in [2.24, 2.45) is 0 Å². The summed E-state index contributed by atoms with van der Waals surface area (Å²) in [5.74, 6) is 2.01. The van der Waals surface area contributed by atoms with Crippen molar-refractivity contribution in [1.82, 2.24) is 0 Å². The van der Waals surface area contributed by atoms with Gasteiger partial charge in [0.05, 0.1) is 11.6 Å². The molecule has 0 atom stereocenters. The molecule has 0 heterocycles. The molecule has 0 aliphatic rings. The molecule has 14 heavy (non-hydrogen) atoms. The van der Waals surface area contributed by atoms with Crippen LogP contribution in [0.4, 0.5) is 0 Å². The summed E-state index contributed by atoms with van der Waals surface area (Å²) in [5, 5.41) is 1.53. The van der Waals surface area contributed by atoms with Gasteiger partial charge in [-0.3, -0.25) is 0 Å². The fraction of sp³-hybridized carbons (Fsp3) is 0.364. The van der Waals surface area contributed by atoms with Gasteiger partial charge in [-0.25, -0.2) is 0 Å². The molecule has 0 amide bonds. The van der Waals surface area contributed by atoms with Gasteiger partial charge in [-0.1, -0.05) is 40.5 Å². The van der Waals surface area contributed by atoms with Crippen LogP contribution in [0.3, 0.4) is 0 Å². The van der Waals surface area contributed by atoms with Gasteiger partial charge in [0.15, 0.2) is 0 Å². The minimum Gasteiger partial charge on any atom is -0.492 e. The quantitative estimate of drug-likeness (QED) is 0.753. The van der Waals surface area contributed by atoms with Crippen molar-refractivity contribution in [3.8, 4) is 5.75 Å². The molecule has 0 aliphatic carbocycles. The van der Waals surface area contributed by atoms with Gasteiger partial charge in [0.1, 0.15) is 5.75 Å². The molecule has 1 rings (SSSR count). The Bertz CT molecular complexity index is 301. The normalized spacial score (nSPS) is 10.6. The van der Waals surface area contributed by atoms with Gasteiger partial charge < -0.3 is 4.74 Å². The van der Waals surface area contributed by atoms with Crippen LogP contribution >= 0.6 is 27.5 Å². The predicted molar refractivity (Wildman–Crippen MR) is 64.4 cm³/mol. The molecule has 0 saturated heterocycles. The van der Waals surface area contributed by atoms with Gasteiger partial charge in [0.2, 0.25) is 0 Å². The van der Waals surface area contributed by atoms with E-state index < -0.39 is 0 Å². The van der Waals surface area contributed by atoms with Gasteiger partial charge in [0, 0.05) is 11.2 Å². The molecule has 1 nitrogen and oxygen atoms in total. The highest BCUT2D eigenvalue weighted by Gasteiger charge is 2.07. The van der Waals surface area contributed by atoms with Crippen LogP contribution in [0.5, 0.6) is 5.75 Å². The van der Waals surface area contributed by atoms with E-state index in [4.69, 9.17) is 16.3 Å². The van der Waals surface area contributed by atoms with Crippen LogP contribution in [0.1, 0.15) is 19.4 Å². The first-order valence-electron chi connectivity index (χ1n) is 4.50. The second kappa shape index (κ2) is 5.62. The molecule has 0 saturated carbocycles. The van der Waals surface area contributed by atoms with Crippen molar-refractivity contribution in [2.75, 3.05) is 11.9 Å². The Morgan fingerprint density at radius 1 is 1.50 bits per heavy atom. The summed E-state index contributed by atoms with van der Waals surface area (Å²) in [6.45, 7) is 4.65. The maximum atomic E-state index is 6.06. The minimum absolute atomic E-state index is 0.639. The molecule has 1 aromatic rings. The maximum Gasteiger partial charge on any atom is 0.137 e. The average molecular weight is 277 g/mol. The third-order valence-electron chi connectivity index (χ3n) is 1.92. The summed E-state index contributed by atoms with van der Waals surface area (Å²) in [6, 6.07) is 5.87. The van der Waals surface area contributed by atoms with Gasteiger partial charge in [-0.05, 0) is 24.6 Å². The number of benzene rings is 1. The minimum atomic E-state index is 0.639. The Labute approximate surface area is 98.5 Å². The standard InChI is InChI=1S/C11H13BrClO/c1-3-14-11-5-4-9(6-10(11)13)8(2)7-12/h4-6H,3,7H2,1-2H3. The zero-order chi connectivity index (χ0) is 10.6. The van der Waals surface area contributed by atoms with E-state index in [1.54, 1.807) is 0 Å². The van der Waals surface area contributed by atoms with E-state index >= 15 is 0 Å². The summed E-state index contributed by atoms with van der Waals surface area (Å²) < 4.78 is 5.35. The lowest BCUT2D eigenvalue weighted by molar-refractivity contribution is 0.340. The highest BCUT2D eigenvalue weighted by Crippen LogP contribution is 2.28. The fourth-order valence-corrected chi connectivity index (χ4v) is 1.67. The van der Waals surface area contributed by atoms with E-state index in [1.165, 1.54) is 5.92 Å². The molecular formula is C11H13BrClO. The highest BCUT2D eigenvalue weighted by atomic mass is 79.9. The van der Waals surface area contributed by atoms with E-state index in [1.807, 2.05) is 25.1 Å². The number of alkyl halides is 1. The van der Waals surface area contributed by atoms with E-state index in [2.05, 4.69) is 22.9 Å². The fourth-order valence-electron chi connectivity index (χ4n) is 1.12. The number of hydrogen-bond acceptors (Lipinski definition) is 1. The zero-order valence-corrected chi connectivity index (χ0v) is 10.7. The molecular weight excluding hydrogens is 263 g/mol. The lowest BCUT2D eigenvalue weighted by Crippen LogP contribution is -1.97. The summed E-state index contributed by atoms with van der Waals surface area (Å²) in [5.41, 5.74) is 1.15. The van der Waals surface area contributed by atoms with Crippen LogP contribution in [0.25, 0.3) is 0 Å². The molecule has 1 aromatic carbocycles. The third kappa shape index (κ3) is 2.89. The molecule has 0 unspecified atom stereocenters. The third-order valence-corrected chi connectivity index (χ3v) is 3.06. The van der Waals surface area contributed by atoms with E-state index in [0.717, 1.165) is 16.6 Å². The average Bonchev–Trinajstić information content (AvgIpc) is 2.20. The largest absolute Gasteiger partial charge is 0.492 e. The molecule has 1 radical (unpaired) electrons. The van der Waals surface area contributed by atoms with E-state index in [-0.39, 0.29) is 0 Å². The van der Waals surface area contributed by atoms with Crippen LogP contribution in [0.2, 0.25) is 5.02 Å². The number of ether oxygens (including phenoxy) is 1. The molecule has 0 spiro atoms. The molecule has 0 bridgehead atoms. The zero-order valence-electron chi connectivity index (χ0n) is 8.31. The molecule has 0 fully saturated rings. The lowest BCUT2D eigenvalue weighted by Gasteiger charge is -2.10. The summed E-state index contributed by atoms with van der Waals surface area (Å²) in [4.78, 5) is 0. The first-order valence-corrected chi connectivity index (χ1v) is 6.00. The molecule has 0 N–H and O–H groups in total. The Kier molecular flexibility index (Phi) is 4.76. The second-order valence-electron chi connectivity index (χ2n) is 2.99. The number of hydrogen-bond donors (Lipinski definition) is 0. The SMILES string of the molecule is CCOc1ccc([C](C)CBr)cc1Cl.